The Labute approximate surface area is 104 Å². The van der Waals surface area contributed by atoms with E-state index in [1.165, 1.54) is 17.1 Å². The van der Waals surface area contributed by atoms with E-state index >= 15 is 0 Å². The van der Waals surface area contributed by atoms with E-state index < -0.39 is 0 Å². The molecule has 0 aromatic heterocycles. The van der Waals surface area contributed by atoms with Crippen molar-refractivity contribution < 1.29 is 9.18 Å². The molecule has 2 aromatic rings. The highest BCUT2D eigenvalue weighted by molar-refractivity contribution is 5.98. The van der Waals surface area contributed by atoms with Crippen molar-refractivity contribution >= 4 is 11.6 Å². The molecule has 1 aliphatic heterocycles. The Morgan fingerprint density at radius 3 is 2.50 bits per heavy atom. The first-order valence-electron chi connectivity index (χ1n) is 5.66. The zero-order valence-electron chi connectivity index (χ0n) is 9.56. The Bertz CT molecular complexity index is 595. The van der Waals surface area contributed by atoms with E-state index in [4.69, 9.17) is 0 Å². The number of hydrogen-bond donors (Lipinski definition) is 1. The van der Waals surface area contributed by atoms with Crippen LogP contribution in [0.15, 0.2) is 48.5 Å². The van der Waals surface area contributed by atoms with Crippen molar-refractivity contribution in [3.8, 4) is 0 Å². The van der Waals surface area contributed by atoms with Gasteiger partial charge in [-0.15, -0.1) is 0 Å². The number of halogens is 1. The average Bonchev–Trinajstić information content (AvgIpc) is 2.70. The fraction of sp³-hybridized carbons (Fsp3) is 0.0714. The Balaban J connectivity index is 1.81. The summed E-state index contributed by atoms with van der Waals surface area (Å²) in [5.41, 5.74) is 5.39. The summed E-state index contributed by atoms with van der Waals surface area (Å²) in [7, 11) is 0. The van der Waals surface area contributed by atoms with Crippen LogP contribution in [0.2, 0.25) is 0 Å². The third-order valence-corrected chi connectivity index (χ3v) is 2.93. The van der Waals surface area contributed by atoms with Gasteiger partial charge in [0.15, 0.2) is 0 Å². The van der Waals surface area contributed by atoms with E-state index in [1.54, 1.807) is 12.1 Å². The SMILES string of the molecule is O=C1c2ccccc2CN1Nc1ccc(F)cc1. The number of anilines is 1. The second-order valence-electron chi connectivity index (χ2n) is 4.17. The van der Waals surface area contributed by atoms with Crippen molar-refractivity contribution in [3.63, 3.8) is 0 Å². The van der Waals surface area contributed by atoms with Gasteiger partial charge in [0, 0.05) is 5.56 Å². The van der Waals surface area contributed by atoms with Crippen LogP contribution in [-0.2, 0) is 6.54 Å². The summed E-state index contributed by atoms with van der Waals surface area (Å²) in [4.78, 5) is 12.1. The van der Waals surface area contributed by atoms with Crippen LogP contribution in [0.1, 0.15) is 15.9 Å². The zero-order chi connectivity index (χ0) is 12.5. The summed E-state index contributed by atoms with van der Waals surface area (Å²) in [6, 6.07) is 13.4. The van der Waals surface area contributed by atoms with Gasteiger partial charge in [-0.3, -0.25) is 10.2 Å². The van der Waals surface area contributed by atoms with E-state index in [-0.39, 0.29) is 11.7 Å². The molecule has 0 saturated heterocycles. The van der Waals surface area contributed by atoms with Crippen molar-refractivity contribution in [1.29, 1.82) is 0 Å². The quantitative estimate of drug-likeness (QED) is 0.878. The Morgan fingerprint density at radius 1 is 1.06 bits per heavy atom. The summed E-state index contributed by atoms with van der Waals surface area (Å²) in [6.07, 6.45) is 0. The zero-order valence-corrected chi connectivity index (χ0v) is 9.56. The minimum Gasteiger partial charge on any atom is -0.295 e. The second kappa shape index (κ2) is 4.14. The highest BCUT2D eigenvalue weighted by Gasteiger charge is 2.26. The van der Waals surface area contributed by atoms with Crippen molar-refractivity contribution in [2.24, 2.45) is 0 Å². The predicted octanol–water partition coefficient (Wildman–Crippen LogP) is 2.81. The lowest BCUT2D eigenvalue weighted by Crippen LogP contribution is -2.30. The lowest BCUT2D eigenvalue weighted by atomic mass is 10.1. The molecule has 1 N–H and O–H groups in total. The van der Waals surface area contributed by atoms with Gasteiger partial charge in [0.25, 0.3) is 5.91 Å². The molecule has 90 valence electrons. The van der Waals surface area contributed by atoms with E-state index in [9.17, 15) is 9.18 Å². The molecular formula is C14H11FN2O. The van der Waals surface area contributed by atoms with Crippen molar-refractivity contribution in [1.82, 2.24) is 5.01 Å². The van der Waals surface area contributed by atoms with Gasteiger partial charge in [0.1, 0.15) is 5.82 Å². The highest BCUT2D eigenvalue weighted by atomic mass is 19.1. The fourth-order valence-corrected chi connectivity index (χ4v) is 2.02. The number of hydrazine groups is 1. The molecule has 1 heterocycles. The number of amides is 1. The molecule has 3 nitrogen and oxygen atoms in total. The van der Waals surface area contributed by atoms with Gasteiger partial charge in [0.05, 0.1) is 12.2 Å². The van der Waals surface area contributed by atoms with Gasteiger partial charge in [-0.2, -0.15) is 0 Å². The number of benzene rings is 2. The first-order chi connectivity index (χ1) is 8.74. The smallest absolute Gasteiger partial charge is 0.272 e. The van der Waals surface area contributed by atoms with Crippen molar-refractivity contribution in [3.05, 3.63) is 65.5 Å². The molecule has 2 aromatic carbocycles. The Kier molecular flexibility index (Phi) is 2.48. The standard InChI is InChI=1S/C14H11FN2O/c15-11-5-7-12(8-6-11)16-17-9-10-3-1-2-4-13(10)14(17)18/h1-8,16H,9H2. The minimum atomic E-state index is -0.295. The number of hydrogen-bond acceptors (Lipinski definition) is 2. The largest absolute Gasteiger partial charge is 0.295 e. The third-order valence-electron chi connectivity index (χ3n) is 2.93. The van der Waals surface area contributed by atoms with Crippen LogP contribution in [0.4, 0.5) is 10.1 Å². The number of nitrogens with one attached hydrogen (secondary N) is 1. The number of nitrogens with zero attached hydrogens (tertiary/aromatic N) is 1. The van der Waals surface area contributed by atoms with E-state index in [0.29, 0.717) is 17.8 Å². The normalized spacial score (nSPS) is 13.6. The molecule has 1 amide bonds. The van der Waals surface area contributed by atoms with Crippen LogP contribution in [0.5, 0.6) is 0 Å². The van der Waals surface area contributed by atoms with Crippen LogP contribution in [0, 0.1) is 5.82 Å². The maximum atomic E-state index is 12.8. The van der Waals surface area contributed by atoms with Gasteiger partial charge >= 0.3 is 0 Å². The number of fused-ring (bicyclic) bond motifs is 1. The number of rotatable bonds is 2. The van der Waals surface area contributed by atoms with Gasteiger partial charge < -0.3 is 0 Å². The molecule has 0 saturated carbocycles. The van der Waals surface area contributed by atoms with Gasteiger partial charge in [-0.1, -0.05) is 18.2 Å². The lowest BCUT2D eigenvalue weighted by Gasteiger charge is -2.18. The first kappa shape index (κ1) is 10.8. The summed E-state index contributed by atoms with van der Waals surface area (Å²) in [5, 5.41) is 1.53. The van der Waals surface area contributed by atoms with Crippen molar-refractivity contribution in [2.45, 2.75) is 6.54 Å². The van der Waals surface area contributed by atoms with E-state index in [0.717, 1.165) is 5.56 Å². The molecule has 0 spiro atoms. The van der Waals surface area contributed by atoms with E-state index in [2.05, 4.69) is 5.43 Å². The maximum Gasteiger partial charge on any atom is 0.272 e. The summed E-state index contributed by atoms with van der Waals surface area (Å²) in [5.74, 6) is -0.355. The molecule has 3 rings (SSSR count). The third kappa shape index (κ3) is 1.82. The molecule has 4 heteroatoms. The molecule has 1 aliphatic rings. The lowest BCUT2D eigenvalue weighted by molar-refractivity contribution is 0.0814. The molecule has 0 unspecified atom stereocenters. The molecule has 0 fully saturated rings. The van der Waals surface area contributed by atoms with E-state index in [1.807, 2.05) is 24.3 Å². The summed E-state index contributed by atoms with van der Waals surface area (Å²) in [6.45, 7) is 0.520. The van der Waals surface area contributed by atoms with Crippen molar-refractivity contribution in [2.75, 3.05) is 5.43 Å². The predicted molar refractivity (Wildman–Crippen MR) is 66.3 cm³/mol. The van der Waals surface area contributed by atoms with Crippen LogP contribution < -0.4 is 5.43 Å². The average molecular weight is 242 g/mol. The molecular weight excluding hydrogens is 231 g/mol. The molecule has 0 atom stereocenters. The highest BCUT2D eigenvalue weighted by Crippen LogP contribution is 2.23. The molecule has 18 heavy (non-hydrogen) atoms. The Morgan fingerprint density at radius 2 is 1.78 bits per heavy atom. The van der Waals surface area contributed by atoms with Gasteiger partial charge in [0.2, 0.25) is 0 Å². The number of carbonyl (C=O) groups excluding carboxylic acids is 1. The maximum absolute atomic E-state index is 12.8. The van der Waals surface area contributed by atoms with Gasteiger partial charge in [-0.05, 0) is 35.9 Å². The monoisotopic (exact) mass is 242 g/mol. The van der Waals surface area contributed by atoms with Crippen LogP contribution in [0.3, 0.4) is 0 Å². The molecule has 0 aliphatic carbocycles. The molecule has 0 bridgehead atoms. The summed E-state index contributed by atoms with van der Waals surface area (Å²) >= 11 is 0. The van der Waals surface area contributed by atoms with Gasteiger partial charge in [-0.25, -0.2) is 9.40 Å². The first-order valence-corrected chi connectivity index (χ1v) is 5.66. The topological polar surface area (TPSA) is 32.3 Å². The fourth-order valence-electron chi connectivity index (χ4n) is 2.02. The molecule has 0 radical (unpaired) electrons. The van der Waals surface area contributed by atoms with Crippen LogP contribution >= 0.6 is 0 Å². The second-order valence-corrected chi connectivity index (χ2v) is 4.17. The Hall–Kier alpha value is -2.36. The summed E-state index contributed by atoms with van der Waals surface area (Å²) < 4.78 is 12.8. The number of carbonyl (C=O) groups is 1. The van der Waals surface area contributed by atoms with Crippen LogP contribution in [-0.4, -0.2) is 10.9 Å². The van der Waals surface area contributed by atoms with Crippen LogP contribution in [0.25, 0.3) is 0 Å². The minimum absolute atomic E-state index is 0.0603.